The summed E-state index contributed by atoms with van der Waals surface area (Å²) in [7, 11) is 1.33. The third kappa shape index (κ3) is 23.8. The number of hydrogen-bond acceptors (Lipinski definition) is 6. The molecule has 31 heavy (non-hydrogen) atoms. The lowest BCUT2D eigenvalue weighted by Crippen LogP contribution is -2.14. The second-order valence-electron chi connectivity index (χ2n) is 7.34. The van der Waals surface area contributed by atoms with Crippen LogP contribution in [-0.4, -0.2) is 38.2 Å². The lowest BCUT2D eigenvalue weighted by Gasteiger charge is -2.14. The fraction of sp³-hybridized carbons (Fsp3) is 0.640. The molecule has 0 spiro atoms. The Morgan fingerprint density at radius 1 is 0.742 bits per heavy atom. The van der Waals surface area contributed by atoms with E-state index in [0.717, 1.165) is 25.7 Å². The van der Waals surface area contributed by atoms with E-state index in [-0.39, 0.29) is 17.9 Å². The molecule has 0 heterocycles. The lowest BCUT2D eigenvalue weighted by molar-refractivity contribution is -0.140. The van der Waals surface area contributed by atoms with Crippen molar-refractivity contribution in [2.45, 2.75) is 80.1 Å². The number of carbonyl (C=O) groups is 3. The molecule has 0 aliphatic rings. The lowest BCUT2D eigenvalue weighted by atomic mass is 10.0. The Morgan fingerprint density at radius 3 is 1.52 bits per heavy atom. The summed E-state index contributed by atoms with van der Waals surface area (Å²) in [5, 5.41) is 0. The van der Waals surface area contributed by atoms with Gasteiger partial charge in [0.1, 0.15) is 0 Å². The number of unbranched alkanes of at least 4 members (excludes halogenated alkanes) is 2. The molecule has 0 aromatic heterocycles. The molecule has 0 aromatic carbocycles. The predicted octanol–water partition coefficient (Wildman–Crippen LogP) is 5.96. The summed E-state index contributed by atoms with van der Waals surface area (Å²) in [6.07, 6.45) is 6.61. The van der Waals surface area contributed by atoms with Crippen LogP contribution in [0.25, 0.3) is 0 Å². The monoisotopic (exact) mass is 440 g/mol. The minimum Gasteiger partial charge on any atom is -0.466 e. The van der Waals surface area contributed by atoms with Crippen LogP contribution in [0.1, 0.15) is 80.1 Å². The van der Waals surface area contributed by atoms with E-state index in [0.29, 0.717) is 35.9 Å². The van der Waals surface area contributed by atoms with E-state index in [1.54, 1.807) is 20.8 Å². The van der Waals surface area contributed by atoms with Crippen molar-refractivity contribution < 1.29 is 28.6 Å². The molecule has 0 saturated heterocycles. The molecule has 0 fully saturated rings. The molecule has 6 nitrogen and oxygen atoms in total. The summed E-state index contributed by atoms with van der Waals surface area (Å²) in [6, 6.07) is 0. The highest BCUT2D eigenvalue weighted by Crippen LogP contribution is 2.13. The van der Waals surface area contributed by atoms with Gasteiger partial charge in [-0.25, -0.2) is 14.4 Å². The third-order valence-electron chi connectivity index (χ3n) is 3.96. The van der Waals surface area contributed by atoms with Crippen molar-refractivity contribution in [2.75, 3.05) is 20.3 Å². The Hall–Kier alpha value is -2.37. The van der Waals surface area contributed by atoms with Gasteiger partial charge in [0.2, 0.25) is 0 Å². The van der Waals surface area contributed by atoms with Crippen LogP contribution in [0.4, 0.5) is 0 Å². The molecule has 0 aromatic rings. The van der Waals surface area contributed by atoms with Crippen molar-refractivity contribution in [3.8, 4) is 0 Å². The van der Waals surface area contributed by atoms with E-state index < -0.39 is 0 Å². The average Bonchev–Trinajstić information content (AvgIpc) is 2.73. The standard InChI is InChI=1S/C12H22O2.C8H14O2.C5H8O2/c1-5-7-8-11(6-2)9-14-12(13)10(3)4;1-4-5-6-10-8(9)7(2)3;1-4(2)5(6)7-3/h11H,3,5-9H2,1-2,4H3;2,4-6H2,1,3H3;1H2,2-3H3. The van der Waals surface area contributed by atoms with Gasteiger partial charge in [-0.2, -0.15) is 0 Å². The zero-order valence-electron chi connectivity index (χ0n) is 20.8. The van der Waals surface area contributed by atoms with Crippen LogP contribution in [0, 0.1) is 5.92 Å². The minimum atomic E-state index is -0.347. The largest absolute Gasteiger partial charge is 0.466 e. The van der Waals surface area contributed by atoms with Gasteiger partial charge in [0.25, 0.3) is 0 Å². The highest BCUT2D eigenvalue weighted by atomic mass is 16.5. The molecular weight excluding hydrogens is 396 g/mol. The van der Waals surface area contributed by atoms with E-state index in [4.69, 9.17) is 9.47 Å². The fourth-order valence-corrected chi connectivity index (χ4v) is 1.82. The van der Waals surface area contributed by atoms with Crippen molar-refractivity contribution in [3.63, 3.8) is 0 Å². The summed E-state index contributed by atoms with van der Waals surface area (Å²) >= 11 is 0. The first-order valence-corrected chi connectivity index (χ1v) is 10.9. The molecule has 0 bridgehead atoms. The maximum atomic E-state index is 11.1. The van der Waals surface area contributed by atoms with Gasteiger partial charge in [-0.15, -0.1) is 0 Å². The highest BCUT2D eigenvalue weighted by Gasteiger charge is 2.09. The average molecular weight is 441 g/mol. The zero-order valence-corrected chi connectivity index (χ0v) is 20.8. The van der Waals surface area contributed by atoms with Crippen LogP contribution in [0.15, 0.2) is 36.5 Å². The van der Waals surface area contributed by atoms with Crippen LogP contribution in [0.2, 0.25) is 0 Å². The van der Waals surface area contributed by atoms with Crippen LogP contribution < -0.4 is 0 Å². The second kappa shape index (κ2) is 22.3. The van der Waals surface area contributed by atoms with E-state index in [9.17, 15) is 14.4 Å². The number of methoxy groups -OCH3 is 1. The second-order valence-corrected chi connectivity index (χ2v) is 7.34. The van der Waals surface area contributed by atoms with Crippen LogP contribution >= 0.6 is 0 Å². The quantitative estimate of drug-likeness (QED) is 0.161. The first kappa shape index (κ1) is 33.3. The van der Waals surface area contributed by atoms with Crippen molar-refractivity contribution in [1.82, 2.24) is 0 Å². The summed E-state index contributed by atoms with van der Waals surface area (Å²) in [5.74, 6) is -0.383. The summed E-state index contributed by atoms with van der Waals surface area (Å²) in [4.78, 5) is 32.0. The van der Waals surface area contributed by atoms with Gasteiger partial charge in [-0.3, -0.25) is 0 Å². The van der Waals surface area contributed by atoms with Crippen LogP contribution in [0.5, 0.6) is 0 Å². The third-order valence-corrected chi connectivity index (χ3v) is 3.96. The van der Waals surface area contributed by atoms with E-state index in [1.807, 2.05) is 0 Å². The van der Waals surface area contributed by atoms with E-state index in [1.165, 1.54) is 20.0 Å². The molecule has 0 N–H and O–H groups in total. The van der Waals surface area contributed by atoms with Gasteiger partial charge < -0.3 is 14.2 Å². The van der Waals surface area contributed by atoms with Crippen molar-refractivity contribution in [3.05, 3.63) is 36.5 Å². The Morgan fingerprint density at radius 2 is 1.19 bits per heavy atom. The summed E-state index contributed by atoms with van der Waals surface area (Å²) in [5.41, 5.74) is 1.38. The summed E-state index contributed by atoms with van der Waals surface area (Å²) < 4.78 is 14.2. The Balaban J connectivity index is -0.000000404. The normalized spacial score (nSPS) is 10.2. The molecule has 0 rings (SSSR count). The molecule has 0 aliphatic carbocycles. The number of esters is 3. The van der Waals surface area contributed by atoms with Crippen molar-refractivity contribution >= 4 is 17.9 Å². The zero-order chi connectivity index (χ0) is 24.8. The molecule has 1 atom stereocenters. The van der Waals surface area contributed by atoms with Gasteiger partial charge in [-0.1, -0.05) is 66.2 Å². The Kier molecular flexibility index (Phi) is 24.0. The topological polar surface area (TPSA) is 78.9 Å². The Labute approximate surface area is 189 Å². The van der Waals surface area contributed by atoms with Crippen molar-refractivity contribution in [1.29, 1.82) is 0 Å². The fourth-order valence-electron chi connectivity index (χ4n) is 1.82. The maximum Gasteiger partial charge on any atom is 0.333 e. The molecule has 6 heteroatoms. The highest BCUT2D eigenvalue weighted by molar-refractivity contribution is 5.87. The summed E-state index contributed by atoms with van der Waals surface area (Å²) in [6.45, 7) is 22.7. The molecule has 0 aliphatic heterocycles. The molecular formula is C25H44O6. The SMILES string of the molecule is C=C(C)C(=O)OC.C=C(C)C(=O)OCC(CC)CCCC.C=C(C)C(=O)OCCCC. The first-order chi connectivity index (χ1) is 14.5. The minimum absolute atomic E-state index is 0.264. The number of hydrogen-bond donors (Lipinski definition) is 0. The molecule has 180 valence electrons. The van der Waals surface area contributed by atoms with Crippen LogP contribution in [-0.2, 0) is 28.6 Å². The number of ether oxygens (including phenoxy) is 3. The van der Waals surface area contributed by atoms with Gasteiger partial charge >= 0.3 is 17.9 Å². The van der Waals surface area contributed by atoms with Crippen LogP contribution in [0.3, 0.4) is 0 Å². The van der Waals surface area contributed by atoms with E-state index >= 15 is 0 Å². The van der Waals surface area contributed by atoms with Crippen molar-refractivity contribution in [2.24, 2.45) is 5.92 Å². The maximum absolute atomic E-state index is 11.1. The Bertz CT molecular complexity index is 562. The molecule has 1 unspecified atom stereocenters. The predicted molar refractivity (Wildman–Crippen MR) is 127 cm³/mol. The van der Waals surface area contributed by atoms with Gasteiger partial charge in [-0.05, 0) is 39.5 Å². The van der Waals surface area contributed by atoms with Gasteiger partial charge in [0.15, 0.2) is 0 Å². The molecule has 0 radical (unpaired) electrons. The first-order valence-electron chi connectivity index (χ1n) is 10.9. The number of rotatable bonds is 12. The molecule has 0 amide bonds. The molecule has 0 saturated carbocycles. The van der Waals surface area contributed by atoms with E-state index in [2.05, 4.69) is 45.2 Å². The number of carbonyl (C=O) groups excluding carboxylic acids is 3. The smallest absolute Gasteiger partial charge is 0.333 e. The van der Waals surface area contributed by atoms with Gasteiger partial charge in [0, 0.05) is 16.7 Å². The van der Waals surface area contributed by atoms with Gasteiger partial charge in [0.05, 0.1) is 20.3 Å².